The fraction of sp³-hybridized carbons (Fsp3) is 0.316. The van der Waals surface area contributed by atoms with Crippen LogP contribution in [0.25, 0.3) is 16.7 Å². The van der Waals surface area contributed by atoms with Gasteiger partial charge in [-0.1, -0.05) is 18.2 Å². The summed E-state index contributed by atoms with van der Waals surface area (Å²) < 4.78 is 3.94. The first-order valence-electron chi connectivity index (χ1n) is 9.44. The highest BCUT2D eigenvalue weighted by molar-refractivity contribution is 7.99. The van der Waals surface area contributed by atoms with E-state index >= 15 is 0 Å². The van der Waals surface area contributed by atoms with Crippen LogP contribution in [-0.2, 0) is 0 Å². The summed E-state index contributed by atoms with van der Waals surface area (Å²) in [6, 6.07) is 10.2. The predicted octanol–water partition coefficient (Wildman–Crippen LogP) is 3.06. The fourth-order valence-electron chi connectivity index (χ4n) is 3.45. The fourth-order valence-corrected chi connectivity index (χ4v) is 4.32. The highest BCUT2D eigenvalue weighted by Crippen LogP contribution is 2.46. The highest BCUT2D eigenvalue weighted by Gasteiger charge is 2.36. The van der Waals surface area contributed by atoms with E-state index in [-0.39, 0.29) is 5.56 Å². The van der Waals surface area contributed by atoms with Gasteiger partial charge >= 0.3 is 0 Å². The molecule has 2 aliphatic carbocycles. The molecule has 4 aromatic rings. The summed E-state index contributed by atoms with van der Waals surface area (Å²) in [5, 5.41) is 15.0. The number of fused-ring (bicyclic) bond motifs is 1. The SMILES string of the molecule is O=c1[nH]c(Sc2nnc(C3CC3)n2C2CC2)nc2c1cnn2-c1ccccc1. The van der Waals surface area contributed by atoms with Gasteiger partial charge in [0, 0.05) is 12.0 Å². The van der Waals surface area contributed by atoms with E-state index in [4.69, 9.17) is 0 Å². The summed E-state index contributed by atoms with van der Waals surface area (Å²) in [6.45, 7) is 0. The molecule has 140 valence electrons. The monoisotopic (exact) mass is 391 g/mol. The maximum Gasteiger partial charge on any atom is 0.262 e. The first kappa shape index (κ1) is 16.1. The molecule has 0 aliphatic heterocycles. The van der Waals surface area contributed by atoms with Gasteiger partial charge in [-0.25, -0.2) is 9.67 Å². The molecule has 1 N–H and O–H groups in total. The molecule has 6 rings (SSSR count). The minimum absolute atomic E-state index is 0.199. The maximum absolute atomic E-state index is 12.6. The van der Waals surface area contributed by atoms with Crippen molar-refractivity contribution in [2.24, 2.45) is 0 Å². The Labute approximate surface area is 164 Å². The van der Waals surface area contributed by atoms with E-state index < -0.39 is 0 Å². The molecule has 0 bridgehead atoms. The molecule has 2 saturated carbocycles. The first-order valence-corrected chi connectivity index (χ1v) is 10.3. The highest BCUT2D eigenvalue weighted by atomic mass is 32.2. The average molecular weight is 391 g/mol. The number of nitrogens with zero attached hydrogens (tertiary/aromatic N) is 6. The Morgan fingerprint density at radius 2 is 1.89 bits per heavy atom. The topological polar surface area (TPSA) is 94.3 Å². The van der Waals surface area contributed by atoms with E-state index in [1.54, 1.807) is 10.9 Å². The van der Waals surface area contributed by atoms with Crippen molar-refractivity contribution in [3.8, 4) is 5.69 Å². The van der Waals surface area contributed by atoms with Crippen molar-refractivity contribution in [2.45, 2.75) is 48.0 Å². The largest absolute Gasteiger partial charge is 0.302 e. The molecule has 2 fully saturated rings. The molecule has 0 saturated heterocycles. The molecule has 3 heterocycles. The van der Waals surface area contributed by atoms with Crippen LogP contribution in [0.2, 0.25) is 0 Å². The van der Waals surface area contributed by atoms with Crippen LogP contribution in [-0.4, -0.2) is 34.5 Å². The van der Waals surface area contributed by atoms with Gasteiger partial charge in [0.25, 0.3) is 5.56 Å². The van der Waals surface area contributed by atoms with Crippen molar-refractivity contribution in [2.75, 3.05) is 0 Å². The van der Waals surface area contributed by atoms with Crippen LogP contribution in [0.1, 0.15) is 43.5 Å². The van der Waals surface area contributed by atoms with E-state index in [0.717, 1.165) is 29.5 Å². The standard InChI is InChI=1S/C19H17N7OS/c27-17-14-10-20-26(13-4-2-1-3-5-13)16(14)21-18(22-17)28-19-24-23-15(11-6-7-11)25(19)12-8-9-12/h1-5,10-12H,6-9H2,(H,21,22,27). The Balaban J connectivity index is 1.43. The number of aromatic nitrogens is 7. The molecule has 0 spiro atoms. The zero-order valence-electron chi connectivity index (χ0n) is 14.9. The lowest BCUT2D eigenvalue weighted by Crippen LogP contribution is -2.10. The number of benzene rings is 1. The third-order valence-electron chi connectivity index (χ3n) is 5.15. The summed E-state index contributed by atoms with van der Waals surface area (Å²) in [5.41, 5.74) is 1.20. The van der Waals surface area contributed by atoms with Crippen molar-refractivity contribution in [1.29, 1.82) is 0 Å². The molecular weight excluding hydrogens is 374 g/mol. The Morgan fingerprint density at radius 1 is 1.07 bits per heavy atom. The Morgan fingerprint density at radius 3 is 2.64 bits per heavy atom. The molecule has 8 nitrogen and oxygen atoms in total. The van der Waals surface area contributed by atoms with Crippen molar-refractivity contribution in [3.63, 3.8) is 0 Å². The number of hydrogen-bond acceptors (Lipinski definition) is 6. The van der Waals surface area contributed by atoms with Gasteiger partial charge in [0.05, 0.1) is 11.9 Å². The third kappa shape index (κ3) is 2.65. The second-order valence-electron chi connectivity index (χ2n) is 7.32. The Kier molecular flexibility index (Phi) is 3.46. The molecule has 0 radical (unpaired) electrons. The molecule has 3 aromatic heterocycles. The minimum atomic E-state index is -0.199. The van der Waals surface area contributed by atoms with Gasteiger partial charge in [-0.15, -0.1) is 10.2 Å². The second kappa shape index (κ2) is 6.03. The first-order chi connectivity index (χ1) is 13.8. The Hall–Kier alpha value is -2.94. The van der Waals surface area contributed by atoms with Crippen molar-refractivity contribution >= 4 is 22.8 Å². The van der Waals surface area contributed by atoms with Gasteiger partial charge in [-0.05, 0) is 49.6 Å². The van der Waals surface area contributed by atoms with Crippen LogP contribution in [0.5, 0.6) is 0 Å². The number of hydrogen-bond donors (Lipinski definition) is 1. The normalized spacial score (nSPS) is 16.7. The molecular formula is C19H17N7OS. The van der Waals surface area contributed by atoms with Crippen molar-refractivity contribution in [3.05, 3.63) is 52.7 Å². The van der Waals surface area contributed by atoms with E-state index in [1.807, 2.05) is 30.3 Å². The van der Waals surface area contributed by atoms with Gasteiger partial charge in [-0.2, -0.15) is 5.10 Å². The summed E-state index contributed by atoms with van der Waals surface area (Å²) in [7, 11) is 0. The van der Waals surface area contributed by atoms with Gasteiger partial charge in [-0.3, -0.25) is 4.79 Å². The molecule has 2 aliphatic rings. The summed E-state index contributed by atoms with van der Waals surface area (Å²) in [6.07, 6.45) is 6.25. The predicted molar refractivity (Wildman–Crippen MR) is 104 cm³/mol. The number of para-hydroxylation sites is 1. The summed E-state index contributed by atoms with van der Waals surface area (Å²) in [4.78, 5) is 20.1. The number of aromatic amines is 1. The van der Waals surface area contributed by atoms with Crippen molar-refractivity contribution in [1.82, 2.24) is 34.5 Å². The number of nitrogens with one attached hydrogen (secondary N) is 1. The molecule has 0 atom stereocenters. The smallest absolute Gasteiger partial charge is 0.262 e. The quantitative estimate of drug-likeness (QED) is 0.526. The second-order valence-corrected chi connectivity index (χ2v) is 8.27. The van der Waals surface area contributed by atoms with Crippen molar-refractivity contribution < 1.29 is 0 Å². The van der Waals surface area contributed by atoms with E-state index in [1.165, 1.54) is 24.6 Å². The lowest BCUT2D eigenvalue weighted by Gasteiger charge is -2.08. The maximum atomic E-state index is 12.6. The van der Waals surface area contributed by atoms with E-state index in [2.05, 4.69) is 29.8 Å². The van der Waals surface area contributed by atoms with E-state index in [9.17, 15) is 4.79 Å². The molecule has 0 amide bonds. The lowest BCUT2D eigenvalue weighted by molar-refractivity contribution is 0.626. The summed E-state index contributed by atoms with van der Waals surface area (Å²) >= 11 is 1.37. The average Bonchev–Trinajstić information content (AvgIpc) is 3.64. The number of rotatable bonds is 5. The minimum Gasteiger partial charge on any atom is -0.302 e. The molecule has 0 unspecified atom stereocenters. The van der Waals surface area contributed by atoms with Crippen LogP contribution in [0.4, 0.5) is 0 Å². The van der Waals surface area contributed by atoms with Crippen LogP contribution in [0.3, 0.4) is 0 Å². The zero-order valence-corrected chi connectivity index (χ0v) is 15.8. The van der Waals surface area contributed by atoms with Gasteiger partial charge in [0.1, 0.15) is 11.2 Å². The van der Waals surface area contributed by atoms with Crippen LogP contribution in [0, 0.1) is 0 Å². The third-order valence-corrected chi connectivity index (χ3v) is 6.00. The molecule has 1 aromatic carbocycles. The molecule has 9 heteroatoms. The van der Waals surface area contributed by atoms with Crippen LogP contribution < -0.4 is 5.56 Å². The number of H-pyrrole nitrogens is 1. The van der Waals surface area contributed by atoms with Gasteiger partial charge in [0.15, 0.2) is 16.0 Å². The van der Waals surface area contributed by atoms with Gasteiger partial charge in [0.2, 0.25) is 0 Å². The van der Waals surface area contributed by atoms with Crippen LogP contribution >= 0.6 is 11.8 Å². The molecule has 28 heavy (non-hydrogen) atoms. The van der Waals surface area contributed by atoms with Gasteiger partial charge < -0.3 is 9.55 Å². The lowest BCUT2D eigenvalue weighted by atomic mass is 10.3. The Bertz CT molecular complexity index is 1230. The van der Waals surface area contributed by atoms with E-state index in [0.29, 0.717) is 28.1 Å². The summed E-state index contributed by atoms with van der Waals surface area (Å²) in [5.74, 6) is 1.62. The zero-order chi connectivity index (χ0) is 18.7. The van der Waals surface area contributed by atoms with Crippen LogP contribution in [0.15, 0.2) is 51.6 Å².